The molecule has 1 aromatic heterocycles. The predicted molar refractivity (Wildman–Crippen MR) is 87.3 cm³/mol. The van der Waals surface area contributed by atoms with E-state index in [1.165, 1.54) is 30.4 Å². The Bertz CT molecular complexity index is 781. The summed E-state index contributed by atoms with van der Waals surface area (Å²) in [4.78, 5) is 11.2. The summed E-state index contributed by atoms with van der Waals surface area (Å²) in [7, 11) is -2.07. The highest BCUT2D eigenvalue weighted by atomic mass is 32.2. The van der Waals surface area contributed by atoms with Crippen molar-refractivity contribution in [2.24, 2.45) is 0 Å². The summed E-state index contributed by atoms with van der Waals surface area (Å²) < 4.78 is 28.1. The number of nitrogens with zero attached hydrogens (tertiary/aromatic N) is 3. The summed E-state index contributed by atoms with van der Waals surface area (Å²) in [5.41, 5.74) is 1.39. The first-order valence-corrected chi connectivity index (χ1v) is 8.62. The molecule has 2 rings (SSSR count). The molecule has 0 aliphatic heterocycles. The number of hydrogen-bond acceptors (Lipinski definition) is 4. The van der Waals surface area contributed by atoms with Gasteiger partial charge in [-0.25, -0.2) is 8.42 Å². The highest BCUT2D eigenvalue weighted by Gasteiger charge is 2.21. The van der Waals surface area contributed by atoms with Crippen LogP contribution >= 0.6 is 0 Å². The van der Waals surface area contributed by atoms with E-state index in [2.05, 4.69) is 10.4 Å². The van der Waals surface area contributed by atoms with Gasteiger partial charge in [0.05, 0.1) is 11.1 Å². The van der Waals surface area contributed by atoms with Crippen LogP contribution in [0.1, 0.15) is 19.4 Å². The maximum absolute atomic E-state index is 12.6. The van der Waals surface area contributed by atoms with Gasteiger partial charge >= 0.3 is 0 Å². The molecule has 1 heterocycles. The number of carbonyl (C=O) groups is 1. The molecule has 124 valence electrons. The minimum atomic E-state index is -3.60. The summed E-state index contributed by atoms with van der Waals surface area (Å²) in [5, 5.41) is 6.74. The van der Waals surface area contributed by atoms with Gasteiger partial charge in [-0.15, -0.1) is 0 Å². The van der Waals surface area contributed by atoms with E-state index < -0.39 is 10.0 Å². The summed E-state index contributed by atoms with van der Waals surface area (Å²) in [6.45, 7) is 4.35. The topological polar surface area (TPSA) is 84.3 Å². The van der Waals surface area contributed by atoms with Crippen LogP contribution < -0.4 is 5.32 Å². The third kappa shape index (κ3) is 4.17. The van der Waals surface area contributed by atoms with E-state index in [0.29, 0.717) is 5.69 Å². The van der Waals surface area contributed by atoms with Crippen molar-refractivity contribution in [2.45, 2.75) is 31.8 Å². The van der Waals surface area contributed by atoms with Gasteiger partial charge < -0.3 is 5.32 Å². The highest BCUT2D eigenvalue weighted by Crippen LogP contribution is 2.19. The molecule has 7 nitrogen and oxygen atoms in total. The second kappa shape index (κ2) is 6.93. The first kappa shape index (κ1) is 17.2. The average molecular weight is 336 g/mol. The van der Waals surface area contributed by atoms with Crippen LogP contribution in [0.5, 0.6) is 0 Å². The maximum atomic E-state index is 12.6. The molecule has 1 aromatic carbocycles. The molecular weight excluding hydrogens is 316 g/mol. The van der Waals surface area contributed by atoms with Gasteiger partial charge in [-0.3, -0.25) is 9.48 Å². The van der Waals surface area contributed by atoms with Crippen molar-refractivity contribution in [3.63, 3.8) is 0 Å². The summed E-state index contributed by atoms with van der Waals surface area (Å²) in [5.74, 6) is -0.203. The maximum Gasteiger partial charge on any atom is 0.243 e. The predicted octanol–water partition coefficient (Wildman–Crippen LogP) is 1.68. The van der Waals surface area contributed by atoms with Crippen LogP contribution in [0.15, 0.2) is 41.6 Å². The van der Waals surface area contributed by atoms with Crippen molar-refractivity contribution in [3.8, 4) is 0 Å². The van der Waals surface area contributed by atoms with Crippen LogP contribution in [-0.4, -0.2) is 35.5 Å². The monoisotopic (exact) mass is 336 g/mol. The lowest BCUT2D eigenvalue weighted by Gasteiger charge is -2.16. The zero-order valence-electron chi connectivity index (χ0n) is 13.4. The van der Waals surface area contributed by atoms with E-state index in [9.17, 15) is 13.2 Å². The van der Waals surface area contributed by atoms with Gasteiger partial charge in [0.15, 0.2) is 0 Å². The van der Waals surface area contributed by atoms with Crippen LogP contribution in [0.2, 0.25) is 0 Å². The minimum Gasteiger partial charge on any atom is -0.326 e. The Balaban J connectivity index is 2.14. The third-order valence-electron chi connectivity index (χ3n) is 3.30. The molecule has 23 heavy (non-hydrogen) atoms. The smallest absolute Gasteiger partial charge is 0.243 e. The number of aromatic nitrogens is 2. The standard InChI is InChI=1S/C15H20N4O3S/c1-4-19-11-13(9-16-19)10-18(3)23(21,22)15-7-5-14(6-8-15)17-12(2)20/h5-9,11H,4,10H2,1-3H3,(H,17,20). The van der Waals surface area contributed by atoms with Crippen molar-refractivity contribution in [1.29, 1.82) is 0 Å². The lowest BCUT2D eigenvalue weighted by atomic mass is 10.3. The Morgan fingerprint density at radius 1 is 1.30 bits per heavy atom. The van der Waals surface area contributed by atoms with E-state index in [0.717, 1.165) is 12.1 Å². The second-order valence-electron chi connectivity index (χ2n) is 5.17. The number of nitrogens with one attached hydrogen (secondary N) is 1. The highest BCUT2D eigenvalue weighted by molar-refractivity contribution is 7.89. The van der Waals surface area contributed by atoms with Gasteiger partial charge in [0.25, 0.3) is 0 Å². The van der Waals surface area contributed by atoms with E-state index in [-0.39, 0.29) is 17.3 Å². The number of anilines is 1. The van der Waals surface area contributed by atoms with Crippen molar-refractivity contribution < 1.29 is 13.2 Å². The lowest BCUT2D eigenvalue weighted by molar-refractivity contribution is -0.114. The van der Waals surface area contributed by atoms with E-state index >= 15 is 0 Å². The number of sulfonamides is 1. The summed E-state index contributed by atoms with van der Waals surface area (Å²) in [6.07, 6.45) is 3.49. The van der Waals surface area contributed by atoms with Crippen LogP contribution in [0.3, 0.4) is 0 Å². The molecule has 0 saturated heterocycles. The lowest BCUT2D eigenvalue weighted by Crippen LogP contribution is -2.26. The zero-order valence-corrected chi connectivity index (χ0v) is 14.2. The van der Waals surface area contributed by atoms with Crippen molar-refractivity contribution in [2.75, 3.05) is 12.4 Å². The van der Waals surface area contributed by atoms with Gasteiger partial charge in [0.1, 0.15) is 0 Å². The Labute approximate surface area is 136 Å². The molecule has 0 atom stereocenters. The minimum absolute atomic E-state index is 0.178. The molecule has 0 aliphatic carbocycles. The zero-order chi connectivity index (χ0) is 17.0. The summed E-state index contributed by atoms with van der Waals surface area (Å²) in [6, 6.07) is 6.09. The summed E-state index contributed by atoms with van der Waals surface area (Å²) >= 11 is 0. The Morgan fingerprint density at radius 2 is 1.96 bits per heavy atom. The number of benzene rings is 1. The quantitative estimate of drug-likeness (QED) is 0.870. The van der Waals surface area contributed by atoms with Gasteiger partial charge in [-0.1, -0.05) is 0 Å². The molecule has 0 bridgehead atoms. The van der Waals surface area contributed by atoms with Crippen LogP contribution in [0.4, 0.5) is 5.69 Å². The molecule has 1 N–H and O–H groups in total. The Kier molecular flexibility index (Phi) is 5.17. The molecule has 0 radical (unpaired) electrons. The molecule has 0 spiro atoms. The molecule has 0 aliphatic rings. The number of aryl methyl sites for hydroxylation is 1. The van der Waals surface area contributed by atoms with Crippen LogP contribution in [0.25, 0.3) is 0 Å². The molecule has 0 unspecified atom stereocenters. The fourth-order valence-electron chi connectivity index (χ4n) is 2.10. The van der Waals surface area contributed by atoms with E-state index in [1.54, 1.807) is 23.0 Å². The van der Waals surface area contributed by atoms with Crippen LogP contribution in [0, 0.1) is 0 Å². The first-order valence-electron chi connectivity index (χ1n) is 7.18. The van der Waals surface area contributed by atoms with E-state index in [4.69, 9.17) is 0 Å². The molecule has 0 saturated carbocycles. The van der Waals surface area contributed by atoms with Gasteiger partial charge in [0.2, 0.25) is 15.9 Å². The number of hydrogen-bond donors (Lipinski definition) is 1. The molecular formula is C15H20N4O3S. The molecule has 0 fully saturated rings. The fraction of sp³-hybridized carbons (Fsp3) is 0.333. The molecule has 8 heteroatoms. The average Bonchev–Trinajstić information content (AvgIpc) is 2.94. The molecule has 2 aromatic rings. The fourth-order valence-corrected chi connectivity index (χ4v) is 3.26. The second-order valence-corrected chi connectivity index (χ2v) is 7.22. The first-order chi connectivity index (χ1) is 10.8. The normalized spacial score (nSPS) is 11.7. The number of rotatable bonds is 6. The third-order valence-corrected chi connectivity index (χ3v) is 5.12. The van der Waals surface area contributed by atoms with Crippen molar-refractivity contribution in [3.05, 3.63) is 42.2 Å². The Hall–Kier alpha value is -2.19. The van der Waals surface area contributed by atoms with Gasteiger partial charge in [0, 0.05) is 44.5 Å². The number of carbonyl (C=O) groups excluding carboxylic acids is 1. The van der Waals surface area contributed by atoms with Crippen molar-refractivity contribution in [1.82, 2.24) is 14.1 Å². The van der Waals surface area contributed by atoms with Gasteiger partial charge in [-0.2, -0.15) is 9.40 Å². The number of amides is 1. The SMILES string of the molecule is CCn1cc(CN(C)S(=O)(=O)c2ccc(NC(C)=O)cc2)cn1. The Morgan fingerprint density at radius 3 is 2.48 bits per heavy atom. The van der Waals surface area contributed by atoms with Crippen molar-refractivity contribution >= 4 is 21.6 Å². The largest absolute Gasteiger partial charge is 0.326 e. The van der Waals surface area contributed by atoms with Crippen LogP contribution in [-0.2, 0) is 27.9 Å². The van der Waals surface area contributed by atoms with Gasteiger partial charge in [-0.05, 0) is 31.2 Å². The van der Waals surface area contributed by atoms with E-state index in [1.807, 2.05) is 13.1 Å². The molecule has 1 amide bonds.